The molecule has 4 saturated carbocycles. The van der Waals surface area contributed by atoms with Crippen LogP contribution in [0, 0.1) is 87.3 Å². The standard InChI is InChI=1S/C32H45N5O/c33-15-23-24(16-34)31-22-9-3-6-12-28(22)38-32(31)25(17-35)30(23)19-13-14-29(36-18-19)37-26-10-4-1-7-20(26)21-8-2-5-11-27(21)37/h19-32,36H,1-14,18H2. The summed E-state index contributed by atoms with van der Waals surface area (Å²) in [5.74, 6) is 1.43. The van der Waals surface area contributed by atoms with Crippen LogP contribution in [0.5, 0.6) is 0 Å². The van der Waals surface area contributed by atoms with Gasteiger partial charge in [-0.15, -0.1) is 0 Å². The van der Waals surface area contributed by atoms with Gasteiger partial charge in [-0.1, -0.05) is 38.5 Å². The predicted molar refractivity (Wildman–Crippen MR) is 143 cm³/mol. The summed E-state index contributed by atoms with van der Waals surface area (Å²) >= 11 is 0. The molecule has 0 bridgehead atoms. The summed E-state index contributed by atoms with van der Waals surface area (Å²) in [7, 11) is 0. The average Bonchev–Trinajstić information content (AvgIpc) is 3.52. The normalized spacial score (nSPS) is 52.3. The first kappa shape index (κ1) is 25.3. The van der Waals surface area contributed by atoms with E-state index in [1.807, 2.05) is 0 Å². The van der Waals surface area contributed by atoms with Gasteiger partial charge in [0, 0.05) is 18.0 Å². The third kappa shape index (κ3) is 3.87. The summed E-state index contributed by atoms with van der Waals surface area (Å²) in [5.41, 5.74) is 0. The van der Waals surface area contributed by atoms with Crippen molar-refractivity contribution in [2.75, 3.05) is 6.54 Å². The lowest BCUT2D eigenvalue weighted by molar-refractivity contribution is -0.0642. The molecule has 4 aliphatic carbocycles. The van der Waals surface area contributed by atoms with Crippen LogP contribution < -0.4 is 5.32 Å². The van der Waals surface area contributed by atoms with E-state index < -0.39 is 0 Å². The molecule has 0 amide bonds. The summed E-state index contributed by atoms with van der Waals surface area (Å²) in [5, 5.41) is 35.2. The van der Waals surface area contributed by atoms with Gasteiger partial charge in [0.25, 0.3) is 0 Å². The first-order valence-corrected chi connectivity index (χ1v) is 16.1. The van der Waals surface area contributed by atoms with Crippen molar-refractivity contribution in [2.45, 2.75) is 120 Å². The van der Waals surface area contributed by atoms with E-state index in [2.05, 4.69) is 28.4 Å². The van der Waals surface area contributed by atoms with E-state index in [0.717, 1.165) is 56.1 Å². The number of fused-ring (bicyclic) bond motifs is 6. The minimum atomic E-state index is -0.365. The highest BCUT2D eigenvalue weighted by molar-refractivity contribution is 5.19. The van der Waals surface area contributed by atoms with Crippen LogP contribution in [-0.4, -0.2) is 41.9 Å². The van der Waals surface area contributed by atoms with Crippen molar-refractivity contribution in [3.8, 4) is 18.2 Å². The van der Waals surface area contributed by atoms with Gasteiger partial charge in [0.2, 0.25) is 0 Å². The maximum absolute atomic E-state index is 10.5. The molecule has 0 aromatic carbocycles. The fraction of sp³-hybridized carbons (Fsp3) is 0.906. The minimum absolute atomic E-state index is 0.0521. The van der Waals surface area contributed by atoms with Gasteiger partial charge in [0.15, 0.2) is 0 Å². The van der Waals surface area contributed by atoms with Gasteiger partial charge in [0.1, 0.15) is 0 Å². The van der Waals surface area contributed by atoms with E-state index in [9.17, 15) is 15.8 Å². The second kappa shape index (κ2) is 10.4. The maximum Gasteiger partial charge on any atom is 0.0785 e. The van der Waals surface area contributed by atoms with Crippen LogP contribution in [0.4, 0.5) is 0 Å². The third-order valence-electron chi connectivity index (χ3n) is 12.6. The topological polar surface area (TPSA) is 95.9 Å². The van der Waals surface area contributed by atoms with E-state index in [1.54, 1.807) is 0 Å². The molecule has 7 fully saturated rings. The van der Waals surface area contributed by atoms with Crippen molar-refractivity contribution >= 4 is 0 Å². The zero-order valence-corrected chi connectivity index (χ0v) is 22.9. The number of nitriles is 3. The van der Waals surface area contributed by atoms with Gasteiger partial charge >= 0.3 is 0 Å². The first-order chi connectivity index (χ1) is 18.7. The number of piperidine rings is 1. The molecule has 0 radical (unpaired) electrons. The highest BCUT2D eigenvalue weighted by atomic mass is 16.5. The molecule has 6 nitrogen and oxygen atoms in total. The van der Waals surface area contributed by atoms with Crippen molar-refractivity contribution in [3.63, 3.8) is 0 Å². The van der Waals surface area contributed by atoms with Crippen molar-refractivity contribution < 1.29 is 4.74 Å². The summed E-state index contributed by atoms with van der Waals surface area (Å²) < 4.78 is 6.63. The van der Waals surface area contributed by atoms with Gasteiger partial charge in [0.05, 0.1) is 54.3 Å². The van der Waals surface area contributed by atoms with Crippen molar-refractivity contribution in [3.05, 3.63) is 0 Å². The lowest BCUT2D eigenvalue weighted by Crippen LogP contribution is -2.58. The third-order valence-corrected chi connectivity index (χ3v) is 12.6. The Kier molecular flexibility index (Phi) is 6.93. The summed E-state index contributed by atoms with van der Waals surface area (Å²) in [4.78, 5) is 2.94. The molecule has 7 aliphatic rings. The molecule has 7 rings (SSSR count). The quantitative estimate of drug-likeness (QED) is 0.531. The molecule has 3 heterocycles. The van der Waals surface area contributed by atoms with Crippen molar-refractivity contribution in [2.24, 2.45) is 53.3 Å². The van der Waals surface area contributed by atoms with E-state index >= 15 is 0 Å². The van der Waals surface area contributed by atoms with E-state index in [0.29, 0.717) is 12.1 Å². The van der Waals surface area contributed by atoms with Crippen LogP contribution in [0.1, 0.15) is 89.9 Å². The monoisotopic (exact) mass is 515 g/mol. The maximum atomic E-state index is 10.5. The van der Waals surface area contributed by atoms with Gasteiger partial charge in [-0.05, 0) is 87.5 Å². The fourth-order valence-electron chi connectivity index (χ4n) is 11.2. The molecule has 14 atom stereocenters. The van der Waals surface area contributed by atoms with Gasteiger partial charge in [-0.3, -0.25) is 4.90 Å². The Morgan fingerprint density at radius 3 is 1.79 bits per heavy atom. The second-order valence-electron chi connectivity index (χ2n) is 13.9. The van der Waals surface area contributed by atoms with Crippen molar-refractivity contribution in [1.82, 2.24) is 10.2 Å². The smallest absolute Gasteiger partial charge is 0.0785 e. The van der Waals surface area contributed by atoms with E-state index in [-0.39, 0.29) is 47.7 Å². The molecule has 0 aromatic rings. The molecule has 6 heteroatoms. The molecular weight excluding hydrogens is 470 g/mol. The predicted octanol–water partition coefficient (Wildman–Crippen LogP) is 5.37. The number of ether oxygens (including phenoxy) is 1. The highest BCUT2D eigenvalue weighted by Gasteiger charge is 2.61. The highest BCUT2D eigenvalue weighted by Crippen LogP contribution is 2.57. The molecule has 204 valence electrons. The molecule has 0 spiro atoms. The largest absolute Gasteiger partial charge is 0.373 e. The summed E-state index contributed by atoms with van der Waals surface area (Å²) in [6, 6.07) is 9.35. The van der Waals surface area contributed by atoms with Crippen LogP contribution >= 0.6 is 0 Å². The Labute approximate surface area is 229 Å². The molecule has 3 aliphatic heterocycles. The lowest BCUT2D eigenvalue weighted by Gasteiger charge is -2.49. The zero-order valence-electron chi connectivity index (χ0n) is 22.9. The summed E-state index contributed by atoms with van der Waals surface area (Å²) in [6.45, 7) is 0.860. The molecule has 1 N–H and O–H groups in total. The van der Waals surface area contributed by atoms with Crippen LogP contribution in [-0.2, 0) is 4.74 Å². The van der Waals surface area contributed by atoms with Gasteiger partial charge in [-0.2, -0.15) is 15.8 Å². The number of rotatable bonds is 2. The Hall–Kier alpha value is -1.65. The second-order valence-corrected chi connectivity index (χ2v) is 13.9. The van der Waals surface area contributed by atoms with Crippen LogP contribution in [0.15, 0.2) is 0 Å². The summed E-state index contributed by atoms with van der Waals surface area (Å²) in [6.07, 6.45) is 18.2. The molecule has 38 heavy (non-hydrogen) atoms. The van der Waals surface area contributed by atoms with E-state index in [4.69, 9.17) is 4.74 Å². The van der Waals surface area contributed by atoms with Crippen LogP contribution in [0.2, 0.25) is 0 Å². The Morgan fingerprint density at radius 2 is 1.18 bits per heavy atom. The number of nitrogens with one attached hydrogen (secondary N) is 1. The average molecular weight is 516 g/mol. The van der Waals surface area contributed by atoms with Crippen LogP contribution in [0.25, 0.3) is 0 Å². The lowest BCUT2D eigenvalue weighted by atomic mass is 9.55. The molecule has 0 aromatic heterocycles. The molecule has 14 unspecified atom stereocenters. The number of hydrogen-bond donors (Lipinski definition) is 1. The Balaban J connectivity index is 1.11. The number of nitrogens with zero attached hydrogens (tertiary/aromatic N) is 4. The fourth-order valence-corrected chi connectivity index (χ4v) is 11.2. The van der Waals surface area contributed by atoms with Crippen LogP contribution in [0.3, 0.4) is 0 Å². The van der Waals surface area contributed by atoms with E-state index in [1.165, 1.54) is 64.2 Å². The zero-order chi connectivity index (χ0) is 25.8. The molecular formula is C32H45N5O. The minimum Gasteiger partial charge on any atom is -0.373 e. The van der Waals surface area contributed by atoms with Gasteiger partial charge < -0.3 is 10.1 Å². The Bertz CT molecular complexity index is 981. The van der Waals surface area contributed by atoms with Crippen molar-refractivity contribution in [1.29, 1.82) is 15.8 Å². The van der Waals surface area contributed by atoms with Gasteiger partial charge in [-0.25, -0.2) is 0 Å². The Morgan fingerprint density at radius 1 is 0.605 bits per heavy atom. The first-order valence-electron chi connectivity index (χ1n) is 16.1. The number of hydrogen-bond acceptors (Lipinski definition) is 6. The SMILES string of the molecule is N#CC1C(C#N)C2C3CCCCC3OC2C(C#N)C1C1CCC(N2C3CCCCC3C3CCCCC32)NC1. The molecule has 3 saturated heterocycles. The number of likely N-dealkylation sites (tertiary alicyclic amines) is 1.